The Kier molecular flexibility index (Phi) is 4.35. The molecule has 8 heteroatoms. The fourth-order valence-corrected chi connectivity index (χ4v) is 1.65. The van der Waals surface area contributed by atoms with Gasteiger partial charge >= 0.3 is 0 Å². The molecular formula is C11H11BrN4O3. The predicted octanol–water partition coefficient (Wildman–Crippen LogP) is 1.62. The lowest BCUT2D eigenvalue weighted by Crippen LogP contribution is -2.03. The van der Waals surface area contributed by atoms with Crippen LogP contribution in [0.3, 0.4) is 0 Å². The molecular weight excluding hydrogens is 316 g/mol. The number of nitrogens with two attached hydrogens (primary N) is 1. The van der Waals surface area contributed by atoms with E-state index in [9.17, 15) is 5.11 Å². The van der Waals surface area contributed by atoms with E-state index in [0.29, 0.717) is 12.1 Å². The highest BCUT2D eigenvalue weighted by Gasteiger charge is 2.05. The smallest absolute Gasteiger partial charge is 0.300 e. The van der Waals surface area contributed by atoms with Crippen molar-refractivity contribution in [2.24, 2.45) is 4.99 Å². The van der Waals surface area contributed by atoms with Crippen LogP contribution in [0.2, 0.25) is 0 Å². The van der Waals surface area contributed by atoms with E-state index in [1.807, 2.05) is 0 Å². The fourth-order valence-electron chi connectivity index (χ4n) is 1.27. The van der Waals surface area contributed by atoms with E-state index >= 15 is 0 Å². The summed E-state index contributed by atoms with van der Waals surface area (Å²) in [4.78, 5) is 4.12. The number of hydrogen-bond acceptors (Lipinski definition) is 7. The van der Waals surface area contributed by atoms with Crippen molar-refractivity contribution in [2.75, 3.05) is 18.9 Å². The van der Waals surface area contributed by atoms with E-state index < -0.39 is 0 Å². The van der Waals surface area contributed by atoms with Gasteiger partial charge in [-0.05, 0) is 28.5 Å². The number of halogens is 1. The minimum Gasteiger partial charge on any atom is -0.507 e. The van der Waals surface area contributed by atoms with Crippen LogP contribution >= 0.6 is 15.9 Å². The van der Waals surface area contributed by atoms with Crippen LogP contribution in [0.25, 0.3) is 0 Å². The van der Waals surface area contributed by atoms with Crippen molar-refractivity contribution < 1.29 is 14.5 Å². The number of nitrogens with zero attached hydrogens (tertiary/aromatic N) is 3. The molecule has 2 aromatic rings. The molecule has 0 saturated carbocycles. The van der Waals surface area contributed by atoms with Gasteiger partial charge in [-0.25, -0.2) is 4.63 Å². The lowest BCUT2D eigenvalue weighted by atomic mass is 10.2. The second-order valence-corrected chi connectivity index (χ2v) is 4.46. The molecule has 19 heavy (non-hydrogen) atoms. The van der Waals surface area contributed by atoms with E-state index in [1.165, 1.54) is 0 Å². The van der Waals surface area contributed by atoms with E-state index in [-0.39, 0.29) is 24.1 Å². The number of rotatable bonds is 5. The van der Waals surface area contributed by atoms with Crippen LogP contribution in [-0.4, -0.2) is 34.8 Å². The minimum absolute atomic E-state index is 0.105. The van der Waals surface area contributed by atoms with Gasteiger partial charge in [-0.1, -0.05) is 15.9 Å². The number of hydrogen-bond donors (Lipinski definition) is 2. The molecule has 1 heterocycles. The van der Waals surface area contributed by atoms with Crippen LogP contribution in [0, 0.1) is 0 Å². The Bertz CT molecular complexity index is 585. The molecule has 0 radical (unpaired) electrons. The average Bonchev–Trinajstić information content (AvgIpc) is 2.79. The maximum atomic E-state index is 9.59. The Morgan fingerprint density at radius 3 is 3.05 bits per heavy atom. The van der Waals surface area contributed by atoms with Gasteiger partial charge in [0.25, 0.3) is 5.88 Å². The Morgan fingerprint density at radius 2 is 2.32 bits per heavy atom. The lowest BCUT2D eigenvalue weighted by Gasteiger charge is -2.00. The largest absolute Gasteiger partial charge is 0.507 e. The van der Waals surface area contributed by atoms with E-state index in [4.69, 9.17) is 10.5 Å². The van der Waals surface area contributed by atoms with Gasteiger partial charge in [-0.2, -0.15) is 0 Å². The van der Waals surface area contributed by atoms with Crippen LogP contribution < -0.4 is 10.5 Å². The second kappa shape index (κ2) is 6.19. The summed E-state index contributed by atoms with van der Waals surface area (Å²) in [5, 5.41) is 16.4. The highest BCUT2D eigenvalue weighted by molar-refractivity contribution is 9.10. The molecule has 0 amide bonds. The van der Waals surface area contributed by atoms with Crippen molar-refractivity contribution in [2.45, 2.75) is 0 Å². The van der Waals surface area contributed by atoms with Crippen molar-refractivity contribution in [3.05, 3.63) is 28.2 Å². The number of nitrogen functional groups attached to an aromatic ring is 1. The van der Waals surface area contributed by atoms with Crippen LogP contribution in [0.5, 0.6) is 11.6 Å². The zero-order chi connectivity index (χ0) is 13.7. The third kappa shape index (κ3) is 3.68. The first-order chi connectivity index (χ1) is 9.16. The van der Waals surface area contributed by atoms with Gasteiger partial charge in [0.2, 0.25) is 5.82 Å². The number of phenolic OH excluding ortho intramolecular Hbond substituents is 1. The van der Waals surface area contributed by atoms with Gasteiger partial charge in [0.1, 0.15) is 12.4 Å². The van der Waals surface area contributed by atoms with Gasteiger partial charge in [0.05, 0.1) is 6.54 Å². The molecule has 2 rings (SSSR count). The maximum absolute atomic E-state index is 9.59. The molecule has 0 atom stereocenters. The van der Waals surface area contributed by atoms with Crippen LogP contribution in [0.15, 0.2) is 32.3 Å². The molecule has 0 bridgehead atoms. The predicted molar refractivity (Wildman–Crippen MR) is 72.5 cm³/mol. The topological polar surface area (TPSA) is 107 Å². The van der Waals surface area contributed by atoms with Gasteiger partial charge in [-0.15, -0.1) is 0 Å². The monoisotopic (exact) mass is 326 g/mol. The summed E-state index contributed by atoms with van der Waals surface area (Å²) in [5.74, 6) is 0.423. The molecule has 1 aromatic carbocycles. The van der Waals surface area contributed by atoms with Crippen LogP contribution in [0.4, 0.5) is 5.82 Å². The minimum atomic E-state index is 0.105. The van der Waals surface area contributed by atoms with Gasteiger partial charge in [0, 0.05) is 16.3 Å². The summed E-state index contributed by atoms with van der Waals surface area (Å²) in [5.41, 5.74) is 6.04. The molecule has 0 aliphatic carbocycles. The molecule has 0 spiro atoms. The Morgan fingerprint density at radius 1 is 1.47 bits per heavy atom. The normalized spacial score (nSPS) is 11.0. The highest BCUT2D eigenvalue weighted by atomic mass is 79.9. The first kappa shape index (κ1) is 13.3. The zero-order valence-electron chi connectivity index (χ0n) is 9.78. The summed E-state index contributed by atoms with van der Waals surface area (Å²) < 4.78 is 10.4. The van der Waals surface area contributed by atoms with E-state index in [0.717, 1.165) is 4.47 Å². The number of phenols is 1. The lowest BCUT2D eigenvalue weighted by molar-refractivity contribution is 0.260. The number of benzene rings is 1. The SMILES string of the molecule is Nc1nonc1OCCN=Cc1cc(Br)ccc1O. The molecule has 0 fully saturated rings. The first-order valence-corrected chi connectivity index (χ1v) is 6.15. The number of aromatic hydroxyl groups is 1. The Labute approximate surface area is 117 Å². The van der Waals surface area contributed by atoms with Crippen molar-refractivity contribution in [3.8, 4) is 11.6 Å². The molecule has 1 aromatic heterocycles. The van der Waals surface area contributed by atoms with E-state index in [1.54, 1.807) is 24.4 Å². The number of anilines is 1. The number of aromatic nitrogens is 2. The number of aliphatic imine (C=N–C) groups is 1. The van der Waals surface area contributed by atoms with Gasteiger partial charge < -0.3 is 15.6 Å². The molecule has 100 valence electrons. The summed E-state index contributed by atoms with van der Waals surface area (Å²) in [6.45, 7) is 0.669. The van der Waals surface area contributed by atoms with Crippen molar-refractivity contribution >= 4 is 28.0 Å². The van der Waals surface area contributed by atoms with Crippen LogP contribution in [0.1, 0.15) is 5.56 Å². The molecule has 7 nitrogen and oxygen atoms in total. The third-order valence-electron chi connectivity index (χ3n) is 2.16. The fraction of sp³-hybridized carbons (Fsp3) is 0.182. The Hall–Kier alpha value is -2.09. The second-order valence-electron chi connectivity index (χ2n) is 3.54. The first-order valence-electron chi connectivity index (χ1n) is 5.36. The van der Waals surface area contributed by atoms with Gasteiger partial charge in [-0.3, -0.25) is 4.99 Å². The van der Waals surface area contributed by atoms with Crippen molar-refractivity contribution in [1.82, 2.24) is 10.3 Å². The standard InChI is InChI=1S/C11H11BrN4O3/c12-8-1-2-9(17)7(5-8)6-14-3-4-18-11-10(13)15-19-16-11/h1-2,5-6,17H,3-4H2,(H2,13,15). The zero-order valence-corrected chi connectivity index (χ0v) is 11.4. The molecule has 0 saturated heterocycles. The van der Waals surface area contributed by atoms with Crippen molar-refractivity contribution in [3.63, 3.8) is 0 Å². The number of ether oxygens (including phenoxy) is 1. The summed E-state index contributed by atoms with van der Waals surface area (Å²) in [7, 11) is 0. The average molecular weight is 327 g/mol. The molecule has 0 unspecified atom stereocenters. The maximum Gasteiger partial charge on any atom is 0.300 e. The summed E-state index contributed by atoms with van der Waals surface area (Å²) in [6.07, 6.45) is 1.56. The summed E-state index contributed by atoms with van der Waals surface area (Å²) in [6, 6.07) is 5.10. The van der Waals surface area contributed by atoms with Crippen LogP contribution in [-0.2, 0) is 0 Å². The third-order valence-corrected chi connectivity index (χ3v) is 2.65. The van der Waals surface area contributed by atoms with Gasteiger partial charge in [0.15, 0.2) is 0 Å². The molecule has 0 aliphatic rings. The molecule has 0 aliphatic heterocycles. The van der Waals surface area contributed by atoms with Crippen molar-refractivity contribution in [1.29, 1.82) is 0 Å². The Balaban J connectivity index is 1.84. The quantitative estimate of drug-likeness (QED) is 0.638. The van der Waals surface area contributed by atoms with E-state index in [2.05, 4.69) is 35.9 Å². The molecule has 3 N–H and O–H groups in total. The highest BCUT2D eigenvalue weighted by Crippen LogP contribution is 2.20. The summed E-state index contributed by atoms with van der Waals surface area (Å²) >= 11 is 3.32.